The molecule has 10 heteroatoms. The van der Waals surface area contributed by atoms with Gasteiger partial charge in [0.2, 0.25) is 0 Å². The molecule has 2 aromatic rings. The van der Waals surface area contributed by atoms with Crippen molar-refractivity contribution >= 4 is 16.1 Å². The van der Waals surface area contributed by atoms with Crippen LogP contribution in [-0.4, -0.2) is 69.0 Å². The smallest absolute Gasteiger partial charge is 0.338 e. The van der Waals surface area contributed by atoms with E-state index in [1.54, 1.807) is 30.3 Å². The van der Waals surface area contributed by atoms with Crippen molar-refractivity contribution in [1.29, 1.82) is 0 Å². The van der Waals surface area contributed by atoms with E-state index in [2.05, 4.69) is 0 Å². The minimum absolute atomic E-state index is 0.0567. The first kappa shape index (κ1) is 23.3. The summed E-state index contributed by atoms with van der Waals surface area (Å²) in [5.41, 5.74) is 1.10. The SMILES string of the molecule is CO[C@H]1O[C@H](COS(=O)(=O)c2ccc(C)cc2)[C@H](O)[C@H](OC(=O)c2ccccc2)[C@H]1O. The Labute approximate surface area is 180 Å². The summed E-state index contributed by atoms with van der Waals surface area (Å²) in [6.07, 6.45) is -7.02. The molecule has 0 spiro atoms. The van der Waals surface area contributed by atoms with Crippen LogP contribution in [0, 0.1) is 6.92 Å². The minimum Gasteiger partial charge on any atom is -0.453 e. The fourth-order valence-corrected chi connectivity index (χ4v) is 3.99. The first-order chi connectivity index (χ1) is 14.7. The largest absolute Gasteiger partial charge is 0.453 e. The molecule has 3 rings (SSSR count). The second-order valence-electron chi connectivity index (χ2n) is 7.05. The summed E-state index contributed by atoms with van der Waals surface area (Å²) in [7, 11) is -2.87. The van der Waals surface area contributed by atoms with E-state index in [-0.39, 0.29) is 10.5 Å². The molecule has 1 heterocycles. The molecule has 0 aromatic heterocycles. The number of benzene rings is 2. The Morgan fingerprint density at radius 3 is 2.29 bits per heavy atom. The summed E-state index contributed by atoms with van der Waals surface area (Å²) in [6.45, 7) is 1.24. The van der Waals surface area contributed by atoms with Crippen molar-refractivity contribution in [3.63, 3.8) is 0 Å². The highest BCUT2D eigenvalue weighted by atomic mass is 32.2. The van der Waals surface area contributed by atoms with Gasteiger partial charge in [-0.2, -0.15) is 8.42 Å². The predicted molar refractivity (Wildman–Crippen MR) is 108 cm³/mol. The van der Waals surface area contributed by atoms with E-state index in [0.29, 0.717) is 0 Å². The van der Waals surface area contributed by atoms with Gasteiger partial charge < -0.3 is 24.4 Å². The van der Waals surface area contributed by atoms with Crippen molar-refractivity contribution in [3.05, 3.63) is 65.7 Å². The van der Waals surface area contributed by atoms with Crippen LogP contribution in [0.3, 0.4) is 0 Å². The monoisotopic (exact) mass is 452 g/mol. The van der Waals surface area contributed by atoms with Crippen molar-refractivity contribution in [3.8, 4) is 0 Å². The molecule has 0 unspecified atom stereocenters. The number of hydrogen-bond acceptors (Lipinski definition) is 9. The number of ether oxygens (including phenoxy) is 3. The highest BCUT2D eigenvalue weighted by Crippen LogP contribution is 2.26. The first-order valence-corrected chi connectivity index (χ1v) is 10.9. The average Bonchev–Trinajstić information content (AvgIpc) is 2.77. The summed E-state index contributed by atoms with van der Waals surface area (Å²) in [5.74, 6) is -0.771. The molecule has 0 saturated carbocycles. The Bertz CT molecular complexity index is 976. The van der Waals surface area contributed by atoms with Crippen molar-refractivity contribution < 1.29 is 41.8 Å². The van der Waals surface area contributed by atoms with Gasteiger partial charge in [-0.15, -0.1) is 0 Å². The minimum atomic E-state index is -4.12. The van der Waals surface area contributed by atoms with Crippen LogP contribution in [-0.2, 0) is 28.5 Å². The molecule has 0 aliphatic carbocycles. The third kappa shape index (κ3) is 5.48. The Morgan fingerprint density at radius 2 is 1.68 bits per heavy atom. The molecule has 31 heavy (non-hydrogen) atoms. The zero-order valence-corrected chi connectivity index (χ0v) is 17.8. The molecule has 0 radical (unpaired) electrons. The number of hydrogen-bond donors (Lipinski definition) is 2. The first-order valence-electron chi connectivity index (χ1n) is 9.49. The number of rotatable bonds is 7. The summed E-state index contributed by atoms with van der Waals surface area (Å²) in [5, 5.41) is 21.0. The zero-order valence-electron chi connectivity index (χ0n) is 17.0. The maximum absolute atomic E-state index is 12.4. The number of carbonyl (C=O) groups is 1. The van der Waals surface area contributed by atoms with Crippen LogP contribution >= 0.6 is 0 Å². The van der Waals surface area contributed by atoms with Gasteiger partial charge in [0.15, 0.2) is 12.4 Å². The van der Waals surface area contributed by atoms with Gasteiger partial charge in [0, 0.05) is 7.11 Å². The van der Waals surface area contributed by atoms with Gasteiger partial charge in [-0.3, -0.25) is 4.18 Å². The average molecular weight is 452 g/mol. The molecule has 1 aliphatic heterocycles. The molecule has 0 bridgehead atoms. The third-order valence-electron chi connectivity index (χ3n) is 4.82. The van der Waals surface area contributed by atoms with Crippen LogP contribution < -0.4 is 0 Å². The van der Waals surface area contributed by atoms with Gasteiger partial charge in [-0.25, -0.2) is 4.79 Å². The fourth-order valence-electron chi connectivity index (χ4n) is 3.07. The third-order valence-corrected chi connectivity index (χ3v) is 6.12. The fraction of sp³-hybridized carbons (Fsp3) is 0.381. The summed E-state index contributed by atoms with van der Waals surface area (Å²) in [4.78, 5) is 12.3. The number of esters is 1. The molecule has 1 aliphatic rings. The topological polar surface area (TPSA) is 129 Å². The molecule has 2 aromatic carbocycles. The van der Waals surface area contributed by atoms with Crippen LogP contribution in [0.5, 0.6) is 0 Å². The van der Waals surface area contributed by atoms with Gasteiger partial charge in [0.25, 0.3) is 10.1 Å². The number of aliphatic hydroxyl groups is 2. The van der Waals surface area contributed by atoms with Crippen LogP contribution in [0.25, 0.3) is 0 Å². The van der Waals surface area contributed by atoms with E-state index in [1.165, 1.54) is 31.4 Å². The van der Waals surface area contributed by atoms with Gasteiger partial charge in [-0.05, 0) is 31.2 Å². The summed E-state index contributed by atoms with van der Waals surface area (Å²) < 4.78 is 45.7. The van der Waals surface area contributed by atoms with E-state index in [1.807, 2.05) is 6.92 Å². The molecule has 1 saturated heterocycles. The van der Waals surface area contributed by atoms with Crippen molar-refractivity contribution in [2.24, 2.45) is 0 Å². The van der Waals surface area contributed by atoms with Gasteiger partial charge in [0.1, 0.15) is 18.3 Å². The van der Waals surface area contributed by atoms with Gasteiger partial charge >= 0.3 is 5.97 Å². The molecular weight excluding hydrogens is 428 g/mol. The predicted octanol–water partition coefficient (Wildman–Crippen LogP) is 1.02. The Morgan fingerprint density at radius 1 is 1.03 bits per heavy atom. The summed E-state index contributed by atoms with van der Waals surface area (Å²) >= 11 is 0. The van der Waals surface area contributed by atoms with E-state index < -0.39 is 53.4 Å². The number of carbonyl (C=O) groups excluding carboxylic acids is 1. The second-order valence-corrected chi connectivity index (χ2v) is 8.66. The standard InChI is InChI=1S/C21H24O9S/c1-13-8-10-15(11-9-13)31(25,26)28-12-16-17(22)19(18(23)21(27-2)29-16)30-20(24)14-6-4-3-5-7-14/h3-11,16-19,21-23H,12H2,1-2H3/t16-,17+,18-,19+,21+/m1/s1. The van der Waals surface area contributed by atoms with E-state index in [0.717, 1.165) is 5.56 Å². The summed E-state index contributed by atoms with van der Waals surface area (Å²) in [6, 6.07) is 14.1. The maximum atomic E-state index is 12.4. The number of aryl methyl sites for hydroxylation is 1. The Balaban J connectivity index is 1.72. The number of methoxy groups -OCH3 is 1. The lowest BCUT2D eigenvalue weighted by Gasteiger charge is -2.41. The van der Waals surface area contributed by atoms with Crippen LogP contribution in [0.1, 0.15) is 15.9 Å². The lowest BCUT2D eigenvalue weighted by molar-refractivity contribution is -0.292. The molecule has 5 atom stereocenters. The Kier molecular flexibility index (Phi) is 7.42. The molecular formula is C21H24O9S. The lowest BCUT2D eigenvalue weighted by atomic mass is 9.99. The normalized spacial score (nSPS) is 26.4. The number of aliphatic hydroxyl groups excluding tert-OH is 2. The van der Waals surface area contributed by atoms with Crippen LogP contribution in [0.2, 0.25) is 0 Å². The zero-order chi connectivity index (χ0) is 22.6. The molecule has 168 valence electrons. The highest BCUT2D eigenvalue weighted by molar-refractivity contribution is 7.86. The van der Waals surface area contributed by atoms with E-state index >= 15 is 0 Å². The highest BCUT2D eigenvalue weighted by Gasteiger charge is 2.47. The van der Waals surface area contributed by atoms with E-state index in [9.17, 15) is 23.4 Å². The van der Waals surface area contributed by atoms with Gasteiger partial charge in [0.05, 0.1) is 17.1 Å². The molecule has 9 nitrogen and oxygen atoms in total. The van der Waals surface area contributed by atoms with Crippen molar-refractivity contribution in [1.82, 2.24) is 0 Å². The van der Waals surface area contributed by atoms with E-state index in [4.69, 9.17) is 18.4 Å². The molecule has 0 amide bonds. The van der Waals surface area contributed by atoms with Gasteiger partial charge in [-0.1, -0.05) is 35.9 Å². The lowest BCUT2D eigenvalue weighted by Crippen LogP contribution is -2.60. The maximum Gasteiger partial charge on any atom is 0.338 e. The molecule has 2 N–H and O–H groups in total. The van der Waals surface area contributed by atoms with Crippen molar-refractivity contribution in [2.75, 3.05) is 13.7 Å². The van der Waals surface area contributed by atoms with Crippen LogP contribution in [0.15, 0.2) is 59.5 Å². The quantitative estimate of drug-likeness (QED) is 0.467. The van der Waals surface area contributed by atoms with Crippen LogP contribution in [0.4, 0.5) is 0 Å². The van der Waals surface area contributed by atoms with Crippen molar-refractivity contribution in [2.45, 2.75) is 42.5 Å². The molecule has 1 fully saturated rings. The second kappa shape index (κ2) is 9.86. The Hall–Kier alpha value is -2.34.